The molecule has 1 aromatic heterocycles. The summed E-state index contributed by atoms with van der Waals surface area (Å²) >= 11 is 0. The van der Waals surface area contributed by atoms with E-state index in [1.807, 2.05) is 13.8 Å². The van der Waals surface area contributed by atoms with Crippen LogP contribution in [-0.2, 0) is 24.8 Å². The van der Waals surface area contributed by atoms with Crippen LogP contribution in [0.3, 0.4) is 0 Å². The first-order valence-electron chi connectivity index (χ1n) is 11.0. The molecule has 0 saturated carbocycles. The highest BCUT2D eigenvalue weighted by Gasteiger charge is 2.29. The minimum Gasteiger partial charge on any atom is -0.324 e. The number of anilines is 3. The number of hydrogen-bond acceptors (Lipinski definition) is 7. The van der Waals surface area contributed by atoms with E-state index in [4.69, 9.17) is 0 Å². The molecule has 0 radical (unpaired) electrons. The van der Waals surface area contributed by atoms with E-state index in [0.29, 0.717) is 22.8 Å². The van der Waals surface area contributed by atoms with Gasteiger partial charge >= 0.3 is 0 Å². The van der Waals surface area contributed by atoms with E-state index in [1.165, 1.54) is 31.2 Å². The maximum Gasteiger partial charge on any atom is 0.264 e. The zero-order valence-electron chi connectivity index (χ0n) is 20.9. The van der Waals surface area contributed by atoms with Gasteiger partial charge in [-0.1, -0.05) is 6.07 Å². The zero-order chi connectivity index (χ0) is 26.8. The van der Waals surface area contributed by atoms with Crippen LogP contribution in [0.15, 0.2) is 53.4 Å². The molecule has 0 aliphatic rings. The van der Waals surface area contributed by atoms with Crippen LogP contribution in [0.1, 0.15) is 29.4 Å². The van der Waals surface area contributed by atoms with Gasteiger partial charge in [-0.3, -0.25) is 9.10 Å². The monoisotopic (exact) mass is 531 g/mol. The summed E-state index contributed by atoms with van der Waals surface area (Å²) in [5, 5.41) is 2.65. The first kappa shape index (κ1) is 27.1. The van der Waals surface area contributed by atoms with Crippen molar-refractivity contribution in [2.24, 2.45) is 0 Å². The van der Waals surface area contributed by atoms with Crippen molar-refractivity contribution in [1.29, 1.82) is 0 Å². The summed E-state index contributed by atoms with van der Waals surface area (Å²) in [6.45, 7) is 8.72. The van der Waals surface area contributed by atoms with Crippen molar-refractivity contribution in [2.75, 3.05) is 20.6 Å². The lowest BCUT2D eigenvalue weighted by atomic mass is 10.1. The summed E-state index contributed by atoms with van der Waals surface area (Å²) in [7, 11) is -7.73. The summed E-state index contributed by atoms with van der Waals surface area (Å²) in [5.41, 5.74) is 3.82. The standard InChI is InChI=1S/C24H29N5O5S2/c1-15-7-10-21(13-16(15)2)29(35(6,31)32)19(5)23(30)27-20-8-11-22(12-9-20)36(33,34)28-24-25-17(3)14-18(4)26-24/h7-14,19H,1-6H3,(H,27,30)(H,25,26,28)/t19-/m1/s1. The number of carbonyl (C=O) groups is 1. The molecule has 0 bridgehead atoms. The fourth-order valence-corrected chi connectivity index (χ4v) is 5.70. The van der Waals surface area contributed by atoms with Gasteiger partial charge in [-0.25, -0.2) is 31.5 Å². The summed E-state index contributed by atoms with van der Waals surface area (Å²) in [4.78, 5) is 21.1. The van der Waals surface area contributed by atoms with Crippen LogP contribution in [0, 0.1) is 27.7 Å². The van der Waals surface area contributed by atoms with Gasteiger partial charge in [0.1, 0.15) is 6.04 Å². The van der Waals surface area contributed by atoms with Gasteiger partial charge in [0.05, 0.1) is 16.8 Å². The molecule has 36 heavy (non-hydrogen) atoms. The number of carbonyl (C=O) groups excluding carboxylic acids is 1. The topological polar surface area (TPSA) is 138 Å². The van der Waals surface area contributed by atoms with Gasteiger partial charge in [0.15, 0.2) is 0 Å². The van der Waals surface area contributed by atoms with E-state index < -0.39 is 32.0 Å². The van der Waals surface area contributed by atoms with Crippen LogP contribution in [0.4, 0.5) is 17.3 Å². The van der Waals surface area contributed by atoms with E-state index in [2.05, 4.69) is 20.0 Å². The van der Waals surface area contributed by atoms with E-state index in [-0.39, 0.29) is 10.8 Å². The third kappa shape index (κ3) is 6.38. The summed E-state index contributed by atoms with van der Waals surface area (Å²) in [6.07, 6.45) is 1.04. The molecule has 0 unspecified atom stereocenters. The number of sulfonamides is 2. The lowest BCUT2D eigenvalue weighted by Crippen LogP contribution is -2.45. The molecule has 10 nitrogen and oxygen atoms in total. The molecule has 1 heterocycles. The fourth-order valence-electron chi connectivity index (χ4n) is 3.59. The number of hydrogen-bond donors (Lipinski definition) is 2. The Morgan fingerprint density at radius 3 is 1.97 bits per heavy atom. The van der Waals surface area contributed by atoms with Gasteiger partial charge in [0, 0.05) is 17.1 Å². The Morgan fingerprint density at radius 1 is 0.861 bits per heavy atom. The highest BCUT2D eigenvalue weighted by atomic mass is 32.2. The van der Waals surface area contributed by atoms with Gasteiger partial charge in [-0.05, 0) is 88.2 Å². The van der Waals surface area contributed by atoms with Crippen molar-refractivity contribution in [3.8, 4) is 0 Å². The molecular formula is C24H29N5O5S2. The maximum absolute atomic E-state index is 12.9. The molecule has 2 aromatic carbocycles. The number of rotatable bonds is 8. The van der Waals surface area contributed by atoms with Gasteiger partial charge in [-0.15, -0.1) is 0 Å². The second-order valence-corrected chi connectivity index (χ2v) is 12.1. The van der Waals surface area contributed by atoms with E-state index in [9.17, 15) is 21.6 Å². The van der Waals surface area contributed by atoms with E-state index >= 15 is 0 Å². The van der Waals surface area contributed by atoms with Crippen LogP contribution >= 0.6 is 0 Å². The maximum atomic E-state index is 12.9. The van der Waals surface area contributed by atoms with E-state index in [1.54, 1.807) is 38.1 Å². The average Bonchev–Trinajstić information content (AvgIpc) is 2.74. The zero-order valence-corrected chi connectivity index (χ0v) is 22.5. The third-order valence-electron chi connectivity index (χ3n) is 5.47. The predicted octanol–water partition coefficient (Wildman–Crippen LogP) is 3.30. The van der Waals surface area contributed by atoms with Gasteiger partial charge in [0.25, 0.3) is 10.0 Å². The van der Waals surface area contributed by atoms with Crippen molar-refractivity contribution in [3.63, 3.8) is 0 Å². The van der Waals surface area contributed by atoms with Gasteiger partial charge < -0.3 is 5.32 Å². The van der Waals surface area contributed by atoms with E-state index in [0.717, 1.165) is 21.7 Å². The molecule has 3 aromatic rings. The normalized spacial score (nSPS) is 12.6. The van der Waals surface area contributed by atoms with Crippen LogP contribution in [0.5, 0.6) is 0 Å². The number of nitrogens with zero attached hydrogens (tertiary/aromatic N) is 3. The molecule has 3 rings (SSSR count). The largest absolute Gasteiger partial charge is 0.324 e. The second kappa shape index (κ2) is 10.2. The second-order valence-electron chi connectivity index (χ2n) is 8.60. The molecular weight excluding hydrogens is 502 g/mol. The quantitative estimate of drug-likeness (QED) is 0.455. The number of aromatic nitrogens is 2. The molecule has 1 amide bonds. The van der Waals surface area contributed by atoms with Crippen LogP contribution in [0.2, 0.25) is 0 Å². The van der Waals surface area contributed by atoms with Crippen LogP contribution in [0.25, 0.3) is 0 Å². The minimum absolute atomic E-state index is 0.0362. The van der Waals surface area contributed by atoms with Crippen molar-refractivity contribution < 1.29 is 21.6 Å². The molecule has 2 N–H and O–H groups in total. The number of aryl methyl sites for hydroxylation is 4. The summed E-state index contributed by atoms with van der Waals surface area (Å²) in [6, 6.07) is 11.3. The van der Waals surface area contributed by atoms with Crippen molar-refractivity contribution in [3.05, 3.63) is 71.0 Å². The Kier molecular flexibility index (Phi) is 7.70. The van der Waals surface area contributed by atoms with Gasteiger partial charge in [0.2, 0.25) is 21.9 Å². The Bertz CT molecular complexity index is 1480. The smallest absolute Gasteiger partial charge is 0.264 e. The average molecular weight is 532 g/mol. The Balaban J connectivity index is 1.78. The fraction of sp³-hybridized carbons (Fsp3) is 0.292. The van der Waals surface area contributed by atoms with Gasteiger partial charge in [-0.2, -0.15) is 0 Å². The van der Waals surface area contributed by atoms with Crippen molar-refractivity contribution in [2.45, 2.75) is 45.6 Å². The Hall–Kier alpha value is -3.51. The van der Waals surface area contributed by atoms with Crippen LogP contribution < -0.4 is 14.3 Å². The highest BCUT2D eigenvalue weighted by molar-refractivity contribution is 7.92. The third-order valence-corrected chi connectivity index (χ3v) is 8.06. The SMILES string of the molecule is Cc1cc(C)nc(NS(=O)(=O)c2ccc(NC(=O)[C@@H](C)N(c3ccc(C)c(C)c3)S(C)(=O)=O)cc2)n1. The number of amides is 1. The van der Waals surface area contributed by atoms with Crippen molar-refractivity contribution >= 4 is 43.3 Å². The van der Waals surface area contributed by atoms with Crippen LogP contribution in [-0.4, -0.2) is 45.0 Å². The first-order chi connectivity index (χ1) is 16.7. The number of nitrogens with one attached hydrogen (secondary N) is 2. The highest BCUT2D eigenvalue weighted by Crippen LogP contribution is 2.25. The molecule has 0 spiro atoms. The molecule has 0 aliphatic heterocycles. The Labute approximate surface area is 211 Å². The lowest BCUT2D eigenvalue weighted by Gasteiger charge is -2.28. The number of benzene rings is 2. The molecule has 0 aliphatic carbocycles. The lowest BCUT2D eigenvalue weighted by molar-refractivity contribution is -0.116. The molecule has 192 valence electrons. The summed E-state index contributed by atoms with van der Waals surface area (Å²) in [5.74, 6) is -0.609. The summed E-state index contributed by atoms with van der Waals surface area (Å²) < 4.78 is 53.9. The molecule has 1 atom stereocenters. The minimum atomic E-state index is -3.96. The Morgan fingerprint density at radius 2 is 1.44 bits per heavy atom. The first-order valence-corrected chi connectivity index (χ1v) is 14.3. The molecule has 0 saturated heterocycles. The molecule has 0 fully saturated rings. The molecule has 12 heteroatoms. The van der Waals surface area contributed by atoms with Crippen molar-refractivity contribution in [1.82, 2.24) is 9.97 Å². The predicted molar refractivity (Wildman–Crippen MR) is 140 cm³/mol.